The maximum absolute atomic E-state index is 5.52. The molecule has 3 rings (SSSR count). The van der Waals surface area contributed by atoms with E-state index >= 15 is 0 Å². The minimum Gasteiger partial charge on any atom is -0.466 e. The lowest BCUT2D eigenvalue weighted by atomic mass is 10.2. The highest BCUT2D eigenvalue weighted by Gasteiger charge is 2.07. The van der Waals surface area contributed by atoms with Crippen LogP contribution in [0.15, 0.2) is 52.0 Å². The Morgan fingerprint density at radius 2 is 1.95 bits per heavy atom. The van der Waals surface area contributed by atoms with Crippen LogP contribution >= 0.6 is 0 Å². The van der Waals surface area contributed by atoms with Crippen LogP contribution in [0.2, 0.25) is 0 Å². The normalized spacial score (nSPS) is 11.9. The van der Waals surface area contributed by atoms with Crippen LogP contribution in [0.5, 0.6) is 0 Å². The number of pyridine rings is 1. The average molecular weight is 279 g/mol. The van der Waals surface area contributed by atoms with Crippen molar-refractivity contribution in [2.24, 2.45) is 5.10 Å². The van der Waals surface area contributed by atoms with Crippen LogP contribution in [0.1, 0.15) is 24.0 Å². The van der Waals surface area contributed by atoms with Gasteiger partial charge in [0.2, 0.25) is 0 Å². The number of hydrogen-bond acceptors (Lipinski definition) is 4. The van der Waals surface area contributed by atoms with Crippen molar-refractivity contribution >= 4 is 22.4 Å². The average Bonchev–Trinajstić information content (AvgIpc) is 2.83. The molecule has 0 aliphatic carbocycles. The van der Waals surface area contributed by atoms with Crippen LogP contribution in [0, 0.1) is 13.8 Å². The Bertz CT molecular complexity index is 818. The third-order valence-corrected chi connectivity index (χ3v) is 3.37. The van der Waals surface area contributed by atoms with Crippen LogP contribution in [0.25, 0.3) is 10.9 Å². The van der Waals surface area contributed by atoms with Crippen LogP contribution in [0.3, 0.4) is 0 Å². The van der Waals surface area contributed by atoms with Gasteiger partial charge in [-0.15, -0.1) is 0 Å². The van der Waals surface area contributed by atoms with Crippen molar-refractivity contribution in [3.8, 4) is 0 Å². The number of para-hydroxylation sites is 1. The Kier molecular flexibility index (Phi) is 3.44. The molecule has 0 radical (unpaired) electrons. The Morgan fingerprint density at radius 1 is 1.14 bits per heavy atom. The molecule has 4 heteroatoms. The van der Waals surface area contributed by atoms with E-state index in [2.05, 4.69) is 15.5 Å². The van der Waals surface area contributed by atoms with Gasteiger partial charge in [0.25, 0.3) is 0 Å². The first kappa shape index (κ1) is 13.4. The lowest BCUT2D eigenvalue weighted by Crippen LogP contribution is -2.01. The summed E-state index contributed by atoms with van der Waals surface area (Å²) in [6.07, 6.45) is 0. The summed E-state index contributed by atoms with van der Waals surface area (Å²) >= 11 is 0. The predicted molar refractivity (Wildman–Crippen MR) is 85.8 cm³/mol. The lowest BCUT2D eigenvalue weighted by molar-refractivity contribution is 0.504. The Hall–Kier alpha value is -2.62. The second kappa shape index (κ2) is 5.40. The minimum atomic E-state index is 0.728. The smallest absolute Gasteiger partial charge is 0.146 e. The van der Waals surface area contributed by atoms with Crippen molar-refractivity contribution in [1.82, 2.24) is 4.98 Å². The summed E-state index contributed by atoms with van der Waals surface area (Å²) in [5, 5.41) is 5.51. The fourth-order valence-electron chi connectivity index (χ4n) is 2.32. The molecule has 2 heterocycles. The molecule has 0 saturated carbocycles. The topological polar surface area (TPSA) is 50.4 Å². The molecule has 106 valence electrons. The molecule has 0 spiro atoms. The Balaban J connectivity index is 1.85. The van der Waals surface area contributed by atoms with E-state index in [9.17, 15) is 0 Å². The summed E-state index contributed by atoms with van der Waals surface area (Å²) in [6.45, 7) is 5.82. The monoisotopic (exact) mass is 279 g/mol. The highest BCUT2D eigenvalue weighted by molar-refractivity contribution is 6.00. The van der Waals surface area contributed by atoms with Gasteiger partial charge >= 0.3 is 0 Å². The van der Waals surface area contributed by atoms with E-state index in [4.69, 9.17) is 4.42 Å². The van der Waals surface area contributed by atoms with Crippen molar-refractivity contribution in [3.63, 3.8) is 0 Å². The van der Waals surface area contributed by atoms with E-state index in [0.29, 0.717) is 0 Å². The number of fused-ring (bicyclic) bond motifs is 1. The number of aromatic nitrogens is 1. The van der Waals surface area contributed by atoms with Crippen molar-refractivity contribution in [2.45, 2.75) is 20.8 Å². The van der Waals surface area contributed by atoms with E-state index in [1.165, 1.54) is 0 Å². The van der Waals surface area contributed by atoms with Crippen LogP contribution in [-0.2, 0) is 0 Å². The van der Waals surface area contributed by atoms with Crippen LogP contribution < -0.4 is 5.43 Å². The third kappa shape index (κ3) is 2.79. The molecule has 1 N–H and O–H groups in total. The van der Waals surface area contributed by atoms with Crippen molar-refractivity contribution in [3.05, 3.63) is 59.5 Å². The van der Waals surface area contributed by atoms with Gasteiger partial charge in [-0.1, -0.05) is 18.2 Å². The van der Waals surface area contributed by atoms with Gasteiger partial charge in [-0.05, 0) is 45.0 Å². The summed E-state index contributed by atoms with van der Waals surface area (Å²) in [4.78, 5) is 4.53. The molecule has 0 fully saturated rings. The molecule has 0 saturated heterocycles. The first-order valence-electron chi connectivity index (χ1n) is 6.87. The molecule has 0 aliphatic rings. The maximum Gasteiger partial charge on any atom is 0.146 e. The van der Waals surface area contributed by atoms with E-state index in [0.717, 1.165) is 39.5 Å². The van der Waals surface area contributed by atoms with Gasteiger partial charge in [-0.25, -0.2) is 4.98 Å². The number of hydrazone groups is 1. The van der Waals surface area contributed by atoms with E-state index < -0.39 is 0 Å². The molecule has 0 aliphatic heterocycles. The lowest BCUT2D eigenvalue weighted by Gasteiger charge is -2.03. The maximum atomic E-state index is 5.52. The SMILES string of the molecule is C/C(=N\Nc1ccc2ccccc2n1)c1cc(C)oc1C. The Morgan fingerprint density at radius 3 is 2.71 bits per heavy atom. The van der Waals surface area contributed by atoms with E-state index in [1.807, 2.05) is 63.2 Å². The van der Waals surface area contributed by atoms with Gasteiger partial charge in [0, 0.05) is 10.9 Å². The number of aryl methyl sites for hydroxylation is 2. The molecule has 2 aromatic heterocycles. The second-order valence-electron chi connectivity index (χ2n) is 5.03. The van der Waals surface area contributed by atoms with E-state index in [-0.39, 0.29) is 0 Å². The highest BCUT2D eigenvalue weighted by atomic mass is 16.3. The van der Waals surface area contributed by atoms with E-state index in [1.54, 1.807) is 0 Å². The molecule has 0 atom stereocenters. The zero-order valence-electron chi connectivity index (χ0n) is 12.3. The zero-order valence-corrected chi connectivity index (χ0v) is 12.3. The molecular formula is C17H17N3O. The van der Waals surface area contributed by atoms with Crippen molar-refractivity contribution < 1.29 is 4.42 Å². The standard InChI is InChI=1S/C17H17N3O/c1-11-10-15(13(3)21-11)12(2)19-20-17-9-8-14-6-4-5-7-16(14)18-17/h4-10H,1-3H3,(H,18,20)/b19-12+. The second-order valence-corrected chi connectivity index (χ2v) is 5.03. The van der Waals surface area contributed by atoms with Gasteiger partial charge in [0.1, 0.15) is 17.3 Å². The summed E-state index contributed by atoms with van der Waals surface area (Å²) in [7, 11) is 0. The molecular weight excluding hydrogens is 262 g/mol. The molecule has 0 unspecified atom stereocenters. The van der Waals surface area contributed by atoms with Crippen molar-refractivity contribution in [2.75, 3.05) is 5.43 Å². The highest BCUT2D eigenvalue weighted by Crippen LogP contribution is 2.16. The first-order chi connectivity index (χ1) is 10.1. The molecule has 4 nitrogen and oxygen atoms in total. The van der Waals surface area contributed by atoms with Crippen molar-refractivity contribution in [1.29, 1.82) is 0 Å². The quantitative estimate of drug-likeness (QED) is 0.575. The molecule has 21 heavy (non-hydrogen) atoms. The molecule has 0 bridgehead atoms. The fraction of sp³-hybridized carbons (Fsp3) is 0.176. The molecule has 3 aromatic rings. The number of furan rings is 1. The number of nitrogens with zero attached hydrogens (tertiary/aromatic N) is 2. The molecule has 0 amide bonds. The van der Waals surface area contributed by atoms with Crippen LogP contribution in [-0.4, -0.2) is 10.7 Å². The number of nitrogens with one attached hydrogen (secondary N) is 1. The Labute approximate surface area is 123 Å². The third-order valence-electron chi connectivity index (χ3n) is 3.37. The number of hydrogen-bond donors (Lipinski definition) is 1. The number of benzene rings is 1. The molecule has 1 aromatic carbocycles. The van der Waals surface area contributed by atoms with Gasteiger partial charge in [0.15, 0.2) is 0 Å². The summed E-state index contributed by atoms with van der Waals surface area (Å²) < 4.78 is 5.52. The van der Waals surface area contributed by atoms with Gasteiger partial charge in [-0.3, -0.25) is 5.43 Å². The minimum absolute atomic E-state index is 0.728. The fourth-order valence-corrected chi connectivity index (χ4v) is 2.32. The zero-order chi connectivity index (χ0) is 14.8. The summed E-state index contributed by atoms with van der Waals surface area (Å²) in [6, 6.07) is 14.0. The predicted octanol–water partition coefficient (Wildman–Crippen LogP) is 4.28. The van der Waals surface area contributed by atoms with Gasteiger partial charge < -0.3 is 4.42 Å². The first-order valence-corrected chi connectivity index (χ1v) is 6.87. The van der Waals surface area contributed by atoms with Gasteiger partial charge in [0.05, 0.1) is 11.2 Å². The summed E-state index contributed by atoms with van der Waals surface area (Å²) in [5.74, 6) is 2.49. The number of rotatable bonds is 3. The summed E-state index contributed by atoms with van der Waals surface area (Å²) in [5.41, 5.74) is 5.85. The van der Waals surface area contributed by atoms with Crippen LogP contribution in [0.4, 0.5) is 5.82 Å². The number of anilines is 1. The largest absolute Gasteiger partial charge is 0.466 e. The van der Waals surface area contributed by atoms with Gasteiger partial charge in [-0.2, -0.15) is 5.10 Å².